The number of nitrogens with zero attached hydrogens (tertiary/aromatic N) is 2. The van der Waals surface area contributed by atoms with E-state index in [0.29, 0.717) is 11.1 Å². The molecule has 0 aliphatic rings. The Kier molecular flexibility index (Phi) is 4.18. The number of carbonyl (C=O) groups is 1. The molecule has 0 fully saturated rings. The van der Waals surface area contributed by atoms with Crippen LogP contribution >= 0.6 is 0 Å². The van der Waals surface area contributed by atoms with Gasteiger partial charge in [-0.2, -0.15) is 5.10 Å². The molecule has 1 aromatic heterocycles. The standard InChI is InChI=1S/C21H15FN2O3/c22-17-6-8-18(9-7-17)24-19-10-5-15(11-16(19)12-23-24)20(25)13-1-3-14(4-2-13)21(26)27/h1-12,20,25H,(H,26,27). The fourth-order valence-electron chi connectivity index (χ4n) is 3.01. The minimum absolute atomic E-state index is 0.168. The van der Waals surface area contributed by atoms with Gasteiger partial charge in [-0.05, 0) is 59.7 Å². The first kappa shape index (κ1) is 16.9. The SMILES string of the molecule is O=C(O)c1ccc(C(O)c2ccc3c(cnn3-c3ccc(F)cc3)c2)cc1. The second-order valence-corrected chi connectivity index (χ2v) is 6.18. The maximum atomic E-state index is 13.1. The molecule has 1 heterocycles. The molecule has 0 aliphatic heterocycles. The molecule has 0 radical (unpaired) electrons. The van der Waals surface area contributed by atoms with Gasteiger partial charge in [-0.25, -0.2) is 13.9 Å². The number of aliphatic hydroxyl groups is 1. The molecule has 4 rings (SSSR count). The van der Waals surface area contributed by atoms with Crippen LogP contribution in [0.3, 0.4) is 0 Å². The van der Waals surface area contributed by atoms with E-state index in [9.17, 15) is 14.3 Å². The summed E-state index contributed by atoms with van der Waals surface area (Å²) in [6.07, 6.45) is 0.800. The van der Waals surface area contributed by atoms with Gasteiger partial charge in [0.1, 0.15) is 11.9 Å². The molecule has 0 bridgehead atoms. The molecule has 134 valence electrons. The maximum absolute atomic E-state index is 13.1. The summed E-state index contributed by atoms with van der Waals surface area (Å²) in [4.78, 5) is 10.9. The quantitative estimate of drug-likeness (QED) is 0.576. The highest BCUT2D eigenvalue weighted by molar-refractivity contribution is 5.87. The van der Waals surface area contributed by atoms with Gasteiger partial charge in [-0.1, -0.05) is 18.2 Å². The van der Waals surface area contributed by atoms with Crippen molar-refractivity contribution < 1.29 is 19.4 Å². The van der Waals surface area contributed by atoms with Gasteiger partial charge < -0.3 is 10.2 Å². The zero-order valence-electron chi connectivity index (χ0n) is 14.1. The number of aliphatic hydroxyl groups excluding tert-OH is 1. The van der Waals surface area contributed by atoms with Gasteiger partial charge in [-0.15, -0.1) is 0 Å². The lowest BCUT2D eigenvalue weighted by molar-refractivity contribution is 0.0696. The summed E-state index contributed by atoms with van der Waals surface area (Å²) in [6, 6.07) is 17.6. The third kappa shape index (κ3) is 3.18. The van der Waals surface area contributed by atoms with Gasteiger partial charge in [0.25, 0.3) is 0 Å². The van der Waals surface area contributed by atoms with Crippen LogP contribution in [0.4, 0.5) is 4.39 Å². The highest BCUT2D eigenvalue weighted by atomic mass is 19.1. The number of benzene rings is 3. The third-order valence-corrected chi connectivity index (χ3v) is 4.45. The number of carboxylic acids is 1. The second-order valence-electron chi connectivity index (χ2n) is 6.18. The molecule has 27 heavy (non-hydrogen) atoms. The van der Waals surface area contributed by atoms with E-state index in [4.69, 9.17) is 5.11 Å². The summed E-state index contributed by atoms with van der Waals surface area (Å²) in [7, 11) is 0. The van der Waals surface area contributed by atoms with Gasteiger partial charge in [0.2, 0.25) is 0 Å². The number of hydrogen-bond donors (Lipinski definition) is 2. The smallest absolute Gasteiger partial charge is 0.335 e. The summed E-state index contributed by atoms with van der Waals surface area (Å²) in [6.45, 7) is 0. The summed E-state index contributed by atoms with van der Waals surface area (Å²) < 4.78 is 14.8. The Morgan fingerprint density at radius 1 is 0.963 bits per heavy atom. The van der Waals surface area contributed by atoms with Crippen LogP contribution in [0.25, 0.3) is 16.6 Å². The Morgan fingerprint density at radius 2 is 1.63 bits per heavy atom. The van der Waals surface area contributed by atoms with Crippen LogP contribution in [0.1, 0.15) is 27.6 Å². The lowest BCUT2D eigenvalue weighted by Gasteiger charge is -2.12. The fourth-order valence-corrected chi connectivity index (χ4v) is 3.01. The van der Waals surface area contributed by atoms with Crippen molar-refractivity contribution in [3.05, 3.63) is 95.4 Å². The molecular formula is C21H15FN2O3. The van der Waals surface area contributed by atoms with Crippen LogP contribution in [0.5, 0.6) is 0 Å². The first-order valence-electron chi connectivity index (χ1n) is 8.28. The van der Waals surface area contributed by atoms with E-state index in [2.05, 4.69) is 5.10 Å². The number of halogens is 1. The summed E-state index contributed by atoms with van der Waals surface area (Å²) in [5.41, 5.74) is 3.01. The highest BCUT2D eigenvalue weighted by Gasteiger charge is 2.14. The minimum atomic E-state index is -1.01. The van der Waals surface area contributed by atoms with E-state index in [1.165, 1.54) is 24.3 Å². The molecule has 5 nitrogen and oxygen atoms in total. The largest absolute Gasteiger partial charge is 0.478 e. The minimum Gasteiger partial charge on any atom is -0.478 e. The lowest BCUT2D eigenvalue weighted by atomic mass is 9.99. The molecule has 0 saturated carbocycles. The number of carboxylic acid groups (broad SMARTS) is 1. The predicted octanol–water partition coefficient (Wildman–Crippen LogP) is 3.94. The molecule has 3 aromatic carbocycles. The van der Waals surface area contributed by atoms with E-state index >= 15 is 0 Å². The Bertz CT molecular complexity index is 1120. The third-order valence-electron chi connectivity index (χ3n) is 4.45. The van der Waals surface area contributed by atoms with Crippen molar-refractivity contribution in [1.82, 2.24) is 9.78 Å². The zero-order chi connectivity index (χ0) is 19.0. The van der Waals surface area contributed by atoms with Crippen molar-refractivity contribution in [1.29, 1.82) is 0 Å². The Balaban J connectivity index is 1.67. The predicted molar refractivity (Wildman–Crippen MR) is 98.5 cm³/mol. The van der Waals surface area contributed by atoms with Gasteiger partial charge in [0, 0.05) is 5.39 Å². The molecule has 1 atom stereocenters. The maximum Gasteiger partial charge on any atom is 0.335 e. The first-order valence-corrected chi connectivity index (χ1v) is 8.28. The van der Waals surface area contributed by atoms with Crippen LogP contribution in [0.2, 0.25) is 0 Å². The highest BCUT2D eigenvalue weighted by Crippen LogP contribution is 2.27. The summed E-state index contributed by atoms with van der Waals surface area (Å²) in [5.74, 6) is -1.32. The number of fused-ring (bicyclic) bond motifs is 1. The van der Waals surface area contributed by atoms with Crippen LogP contribution in [0.15, 0.2) is 72.9 Å². The summed E-state index contributed by atoms with van der Waals surface area (Å²) in [5, 5.41) is 24.8. The number of rotatable bonds is 4. The molecule has 1 unspecified atom stereocenters. The van der Waals surface area contributed by atoms with E-state index in [0.717, 1.165) is 16.6 Å². The van der Waals surface area contributed by atoms with Crippen molar-refractivity contribution in [3.8, 4) is 5.69 Å². The van der Waals surface area contributed by atoms with Crippen molar-refractivity contribution in [2.24, 2.45) is 0 Å². The van der Waals surface area contributed by atoms with E-state index in [1.54, 1.807) is 41.2 Å². The molecular weight excluding hydrogens is 347 g/mol. The number of aromatic nitrogens is 2. The first-order chi connectivity index (χ1) is 13.0. The van der Waals surface area contributed by atoms with E-state index < -0.39 is 12.1 Å². The fraction of sp³-hybridized carbons (Fsp3) is 0.0476. The van der Waals surface area contributed by atoms with Gasteiger partial charge in [0.05, 0.1) is 23.0 Å². The molecule has 0 saturated heterocycles. The zero-order valence-corrected chi connectivity index (χ0v) is 14.1. The molecule has 0 amide bonds. The molecule has 4 aromatic rings. The lowest BCUT2D eigenvalue weighted by Crippen LogP contribution is -2.02. The van der Waals surface area contributed by atoms with E-state index in [-0.39, 0.29) is 11.4 Å². The van der Waals surface area contributed by atoms with Crippen LogP contribution in [0, 0.1) is 5.82 Å². The Labute approximate surface area is 153 Å². The second kappa shape index (κ2) is 6.66. The molecule has 6 heteroatoms. The molecule has 2 N–H and O–H groups in total. The van der Waals surface area contributed by atoms with Crippen molar-refractivity contribution in [2.75, 3.05) is 0 Å². The van der Waals surface area contributed by atoms with Crippen molar-refractivity contribution in [2.45, 2.75) is 6.10 Å². The number of aromatic carboxylic acids is 1. The average Bonchev–Trinajstić information content (AvgIpc) is 3.11. The topological polar surface area (TPSA) is 75.3 Å². The van der Waals surface area contributed by atoms with Crippen molar-refractivity contribution in [3.63, 3.8) is 0 Å². The van der Waals surface area contributed by atoms with Crippen molar-refractivity contribution >= 4 is 16.9 Å². The molecule has 0 spiro atoms. The Morgan fingerprint density at radius 3 is 2.30 bits per heavy atom. The van der Waals surface area contributed by atoms with E-state index in [1.807, 2.05) is 12.1 Å². The Hall–Kier alpha value is -3.51. The van der Waals surface area contributed by atoms with Crippen LogP contribution in [-0.4, -0.2) is 26.0 Å². The average molecular weight is 362 g/mol. The normalized spacial score (nSPS) is 12.2. The monoisotopic (exact) mass is 362 g/mol. The molecule has 0 aliphatic carbocycles. The van der Waals surface area contributed by atoms with Gasteiger partial charge in [-0.3, -0.25) is 0 Å². The summed E-state index contributed by atoms with van der Waals surface area (Å²) >= 11 is 0. The van der Waals surface area contributed by atoms with Crippen LogP contribution in [-0.2, 0) is 0 Å². The van der Waals surface area contributed by atoms with Crippen LogP contribution < -0.4 is 0 Å². The number of hydrogen-bond acceptors (Lipinski definition) is 3. The van der Waals surface area contributed by atoms with Gasteiger partial charge >= 0.3 is 5.97 Å². The van der Waals surface area contributed by atoms with Gasteiger partial charge in [0.15, 0.2) is 0 Å².